The van der Waals surface area contributed by atoms with E-state index >= 15 is 0 Å². The second-order valence-electron chi connectivity index (χ2n) is 7.28. The standard InChI is InChI=1S/C23H18F2N6O/c1-12(30-22-18(10-26)21(27)28-11-29-22)17-9-16-6-7-19(25)13(2)31(16)23(32)20(17)14-4-3-5-15(24)8-14/h3-9,11-12H,1-2H3,(H3,27,28,29,30). The van der Waals surface area contributed by atoms with Gasteiger partial charge in [0, 0.05) is 5.52 Å². The summed E-state index contributed by atoms with van der Waals surface area (Å²) in [7, 11) is 0. The number of pyridine rings is 2. The average Bonchev–Trinajstić information content (AvgIpc) is 2.76. The quantitative estimate of drug-likeness (QED) is 0.505. The summed E-state index contributed by atoms with van der Waals surface area (Å²) < 4.78 is 29.5. The van der Waals surface area contributed by atoms with Crippen LogP contribution in [-0.4, -0.2) is 14.4 Å². The maximum Gasteiger partial charge on any atom is 0.263 e. The molecule has 0 aliphatic carbocycles. The van der Waals surface area contributed by atoms with Gasteiger partial charge in [0.05, 0.1) is 17.3 Å². The molecule has 4 aromatic rings. The van der Waals surface area contributed by atoms with Gasteiger partial charge in [0.15, 0.2) is 0 Å². The summed E-state index contributed by atoms with van der Waals surface area (Å²) in [6.07, 6.45) is 1.22. The van der Waals surface area contributed by atoms with Crippen molar-refractivity contribution in [3.05, 3.63) is 87.6 Å². The first-order valence-electron chi connectivity index (χ1n) is 9.69. The number of aryl methyl sites for hydroxylation is 1. The van der Waals surface area contributed by atoms with E-state index in [1.165, 1.54) is 48.0 Å². The number of nitrogen functional groups attached to an aromatic ring is 1. The van der Waals surface area contributed by atoms with Gasteiger partial charge in [-0.25, -0.2) is 18.7 Å². The van der Waals surface area contributed by atoms with Gasteiger partial charge in [0.1, 0.15) is 41.2 Å². The molecule has 0 radical (unpaired) electrons. The first-order chi connectivity index (χ1) is 15.3. The minimum absolute atomic E-state index is 0.0206. The number of hydrogen-bond donors (Lipinski definition) is 2. The summed E-state index contributed by atoms with van der Waals surface area (Å²) in [5.41, 5.74) is 7.04. The summed E-state index contributed by atoms with van der Waals surface area (Å²) >= 11 is 0. The molecule has 32 heavy (non-hydrogen) atoms. The molecule has 3 aromatic heterocycles. The zero-order valence-electron chi connectivity index (χ0n) is 17.2. The lowest BCUT2D eigenvalue weighted by molar-refractivity contribution is 0.605. The van der Waals surface area contributed by atoms with Crippen molar-refractivity contribution in [1.29, 1.82) is 5.26 Å². The van der Waals surface area contributed by atoms with Crippen molar-refractivity contribution in [2.24, 2.45) is 0 Å². The predicted octanol–water partition coefficient (Wildman–Crippen LogP) is 3.97. The normalized spacial score (nSPS) is 11.8. The van der Waals surface area contributed by atoms with E-state index in [9.17, 15) is 18.8 Å². The number of anilines is 2. The number of hydrogen-bond acceptors (Lipinski definition) is 6. The Labute approximate surface area is 181 Å². The van der Waals surface area contributed by atoms with E-state index in [-0.39, 0.29) is 28.5 Å². The van der Waals surface area contributed by atoms with Gasteiger partial charge >= 0.3 is 0 Å². The highest BCUT2D eigenvalue weighted by atomic mass is 19.1. The Hall–Kier alpha value is -4.32. The van der Waals surface area contributed by atoms with E-state index in [4.69, 9.17) is 5.73 Å². The zero-order chi connectivity index (χ0) is 23.0. The van der Waals surface area contributed by atoms with Gasteiger partial charge < -0.3 is 11.1 Å². The van der Waals surface area contributed by atoms with Gasteiger partial charge in [-0.15, -0.1) is 0 Å². The third-order valence-corrected chi connectivity index (χ3v) is 5.27. The summed E-state index contributed by atoms with van der Waals surface area (Å²) in [4.78, 5) is 21.4. The molecule has 9 heteroatoms. The molecule has 0 fully saturated rings. The van der Waals surface area contributed by atoms with Crippen LogP contribution in [0, 0.1) is 29.9 Å². The van der Waals surface area contributed by atoms with Crippen LogP contribution in [0.4, 0.5) is 20.4 Å². The first kappa shape index (κ1) is 20.9. The lowest BCUT2D eigenvalue weighted by Crippen LogP contribution is -2.23. The van der Waals surface area contributed by atoms with Crippen molar-refractivity contribution in [3.63, 3.8) is 0 Å². The Morgan fingerprint density at radius 3 is 2.69 bits per heavy atom. The fraction of sp³-hybridized carbons (Fsp3) is 0.130. The smallest absolute Gasteiger partial charge is 0.263 e. The number of halogens is 2. The van der Waals surface area contributed by atoms with E-state index in [2.05, 4.69) is 15.3 Å². The summed E-state index contributed by atoms with van der Waals surface area (Å²) in [5.74, 6) is -0.816. The van der Waals surface area contributed by atoms with Crippen molar-refractivity contribution in [2.75, 3.05) is 11.1 Å². The third-order valence-electron chi connectivity index (χ3n) is 5.27. The molecule has 4 rings (SSSR count). The summed E-state index contributed by atoms with van der Waals surface area (Å²) in [6, 6.07) is 11.6. The van der Waals surface area contributed by atoms with Crippen LogP contribution in [0.1, 0.15) is 29.8 Å². The molecular weight excluding hydrogens is 414 g/mol. The van der Waals surface area contributed by atoms with Crippen molar-refractivity contribution in [1.82, 2.24) is 14.4 Å². The van der Waals surface area contributed by atoms with Crippen LogP contribution < -0.4 is 16.6 Å². The van der Waals surface area contributed by atoms with Gasteiger partial charge in [-0.05, 0) is 55.3 Å². The van der Waals surface area contributed by atoms with Crippen LogP contribution in [0.25, 0.3) is 16.6 Å². The third kappa shape index (κ3) is 3.52. The van der Waals surface area contributed by atoms with Gasteiger partial charge in [-0.2, -0.15) is 5.26 Å². The Morgan fingerprint density at radius 1 is 1.19 bits per heavy atom. The Morgan fingerprint density at radius 2 is 1.97 bits per heavy atom. The van der Waals surface area contributed by atoms with Crippen molar-refractivity contribution >= 4 is 17.2 Å². The number of nitriles is 1. The van der Waals surface area contributed by atoms with Crippen molar-refractivity contribution in [3.8, 4) is 17.2 Å². The number of aromatic nitrogens is 3. The van der Waals surface area contributed by atoms with E-state index in [0.717, 1.165) is 0 Å². The highest BCUT2D eigenvalue weighted by Crippen LogP contribution is 2.30. The molecule has 0 aliphatic rings. The molecule has 3 heterocycles. The monoisotopic (exact) mass is 432 g/mol. The number of rotatable bonds is 4. The van der Waals surface area contributed by atoms with Crippen LogP contribution in [-0.2, 0) is 0 Å². The fourth-order valence-corrected chi connectivity index (χ4v) is 3.68. The SMILES string of the molecule is Cc1c(F)ccc2cc(C(C)Nc3ncnc(N)c3C#N)c(-c3cccc(F)c3)c(=O)n12. The molecule has 7 nitrogen and oxygen atoms in total. The summed E-state index contributed by atoms with van der Waals surface area (Å²) in [6.45, 7) is 3.27. The molecule has 0 bridgehead atoms. The summed E-state index contributed by atoms with van der Waals surface area (Å²) in [5, 5.41) is 12.5. The lowest BCUT2D eigenvalue weighted by atomic mass is 9.96. The number of benzene rings is 1. The fourth-order valence-electron chi connectivity index (χ4n) is 3.68. The zero-order valence-corrected chi connectivity index (χ0v) is 17.2. The van der Waals surface area contributed by atoms with E-state index < -0.39 is 23.2 Å². The van der Waals surface area contributed by atoms with Crippen molar-refractivity contribution in [2.45, 2.75) is 19.9 Å². The molecule has 0 saturated heterocycles. The van der Waals surface area contributed by atoms with Crippen LogP contribution in [0.2, 0.25) is 0 Å². The minimum atomic E-state index is -0.544. The molecule has 1 atom stereocenters. The van der Waals surface area contributed by atoms with Crippen molar-refractivity contribution < 1.29 is 8.78 Å². The molecule has 160 valence electrons. The van der Waals surface area contributed by atoms with Crippen LogP contribution in [0.3, 0.4) is 0 Å². The van der Waals surface area contributed by atoms with Crippen LogP contribution in [0.15, 0.2) is 53.6 Å². The molecule has 0 amide bonds. The molecule has 3 N–H and O–H groups in total. The van der Waals surface area contributed by atoms with Crippen LogP contribution in [0.5, 0.6) is 0 Å². The highest BCUT2D eigenvalue weighted by Gasteiger charge is 2.21. The number of fused-ring (bicyclic) bond motifs is 1. The molecule has 0 saturated carbocycles. The number of nitrogens with two attached hydrogens (primary N) is 1. The number of nitrogens with zero attached hydrogens (tertiary/aromatic N) is 4. The van der Waals surface area contributed by atoms with E-state index in [0.29, 0.717) is 16.6 Å². The number of nitrogens with one attached hydrogen (secondary N) is 1. The highest BCUT2D eigenvalue weighted by molar-refractivity contribution is 5.72. The maximum absolute atomic E-state index is 14.2. The van der Waals surface area contributed by atoms with Gasteiger partial charge in [0.25, 0.3) is 5.56 Å². The largest absolute Gasteiger partial charge is 0.382 e. The molecule has 1 aromatic carbocycles. The first-order valence-corrected chi connectivity index (χ1v) is 9.69. The molecule has 1 unspecified atom stereocenters. The van der Waals surface area contributed by atoms with Gasteiger partial charge in [-0.1, -0.05) is 12.1 Å². The van der Waals surface area contributed by atoms with Gasteiger partial charge in [-0.3, -0.25) is 9.20 Å². The Balaban J connectivity index is 1.97. The second kappa shape index (κ2) is 8.07. The Bertz CT molecular complexity index is 1460. The molecular formula is C23H18F2N6O. The predicted molar refractivity (Wildman–Crippen MR) is 117 cm³/mol. The molecule has 0 spiro atoms. The lowest BCUT2D eigenvalue weighted by Gasteiger charge is -2.21. The maximum atomic E-state index is 14.2. The Kier molecular flexibility index (Phi) is 5.28. The van der Waals surface area contributed by atoms with E-state index in [1.54, 1.807) is 19.1 Å². The van der Waals surface area contributed by atoms with E-state index in [1.807, 2.05) is 6.07 Å². The second-order valence-corrected chi connectivity index (χ2v) is 7.28. The van der Waals surface area contributed by atoms with Crippen LogP contribution >= 0.6 is 0 Å². The average molecular weight is 432 g/mol. The topological polar surface area (TPSA) is 109 Å². The minimum Gasteiger partial charge on any atom is -0.382 e. The molecule has 0 aliphatic heterocycles. The van der Waals surface area contributed by atoms with Gasteiger partial charge in [0.2, 0.25) is 0 Å².